The Balaban J connectivity index is 2.40. The Morgan fingerprint density at radius 1 is 1.44 bits per heavy atom. The Hall–Kier alpha value is -1.58. The minimum absolute atomic E-state index is 0.314. The van der Waals surface area contributed by atoms with Crippen LogP contribution in [-0.4, -0.2) is 28.6 Å². The summed E-state index contributed by atoms with van der Waals surface area (Å²) in [6.45, 7) is 5.01. The second-order valence-corrected chi connectivity index (χ2v) is 5.04. The van der Waals surface area contributed by atoms with Gasteiger partial charge in [0.25, 0.3) is 0 Å². The molecule has 4 nitrogen and oxygen atoms in total. The quantitative estimate of drug-likeness (QED) is 0.874. The lowest BCUT2D eigenvalue weighted by Gasteiger charge is -2.30. The van der Waals surface area contributed by atoms with E-state index in [1.807, 2.05) is 13.0 Å². The van der Waals surface area contributed by atoms with Crippen LogP contribution in [-0.2, 0) is 0 Å². The number of pyridine rings is 1. The van der Waals surface area contributed by atoms with Crippen LogP contribution < -0.4 is 4.90 Å². The zero-order valence-electron chi connectivity index (χ0n) is 11.0. The lowest BCUT2D eigenvalue weighted by molar-refractivity contribution is 0.0697. The first-order valence-electron chi connectivity index (χ1n) is 6.56. The van der Waals surface area contributed by atoms with Gasteiger partial charge in [-0.1, -0.05) is 12.8 Å². The van der Waals surface area contributed by atoms with Crippen molar-refractivity contribution in [3.05, 3.63) is 23.5 Å². The molecule has 1 N–H and O–H groups in total. The van der Waals surface area contributed by atoms with Crippen molar-refractivity contribution in [2.45, 2.75) is 45.6 Å². The Bertz CT molecular complexity index is 445. The van der Waals surface area contributed by atoms with Gasteiger partial charge in [0.05, 0.1) is 5.69 Å². The summed E-state index contributed by atoms with van der Waals surface area (Å²) in [6, 6.07) is 2.29. The van der Waals surface area contributed by atoms with Gasteiger partial charge in [-0.3, -0.25) is 4.98 Å². The molecule has 1 unspecified atom stereocenters. The van der Waals surface area contributed by atoms with Gasteiger partial charge >= 0.3 is 5.97 Å². The average molecular weight is 248 g/mol. The number of nitrogens with zero attached hydrogens (tertiary/aromatic N) is 2. The molecular formula is C14H20N2O2. The Morgan fingerprint density at radius 3 is 2.94 bits per heavy atom. The van der Waals surface area contributed by atoms with Crippen molar-refractivity contribution < 1.29 is 9.90 Å². The highest BCUT2D eigenvalue weighted by molar-refractivity contribution is 5.94. The molecule has 0 amide bonds. The molecule has 0 radical (unpaired) electrons. The smallest absolute Gasteiger partial charge is 0.339 e. The molecule has 1 aromatic rings. The Kier molecular flexibility index (Phi) is 3.84. The van der Waals surface area contributed by atoms with E-state index in [-0.39, 0.29) is 0 Å². The van der Waals surface area contributed by atoms with Crippen molar-refractivity contribution in [2.24, 2.45) is 0 Å². The van der Waals surface area contributed by atoms with Gasteiger partial charge in [-0.2, -0.15) is 0 Å². The van der Waals surface area contributed by atoms with Crippen molar-refractivity contribution in [2.75, 3.05) is 11.4 Å². The zero-order valence-corrected chi connectivity index (χ0v) is 11.0. The van der Waals surface area contributed by atoms with E-state index in [1.165, 1.54) is 19.0 Å². The van der Waals surface area contributed by atoms with Gasteiger partial charge in [0, 0.05) is 24.5 Å². The molecule has 1 atom stereocenters. The van der Waals surface area contributed by atoms with Crippen LogP contribution in [0, 0.1) is 6.92 Å². The fraction of sp³-hybridized carbons (Fsp3) is 0.571. The SMILES string of the molecule is Cc1cc(N2CCCCCC2C)c(C(=O)O)cn1. The minimum atomic E-state index is -0.894. The van der Waals surface area contributed by atoms with Crippen LogP contribution in [0.25, 0.3) is 0 Å². The maximum Gasteiger partial charge on any atom is 0.339 e. The number of hydrogen-bond donors (Lipinski definition) is 1. The second-order valence-electron chi connectivity index (χ2n) is 5.04. The number of carbonyl (C=O) groups is 1. The summed E-state index contributed by atoms with van der Waals surface area (Å²) in [7, 11) is 0. The van der Waals surface area contributed by atoms with E-state index in [0.29, 0.717) is 11.6 Å². The van der Waals surface area contributed by atoms with Crippen LogP contribution in [0.15, 0.2) is 12.3 Å². The molecule has 1 aliphatic heterocycles. The molecule has 1 fully saturated rings. The minimum Gasteiger partial charge on any atom is -0.478 e. The van der Waals surface area contributed by atoms with Gasteiger partial charge in [0.2, 0.25) is 0 Å². The highest BCUT2D eigenvalue weighted by Crippen LogP contribution is 2.27. The van der Waals surface area contributed by atoms with E-state index in [2.05, 4.69) is 16.8 Å². The monoisotopic (exact) mass is 248 g/mol. The van der Waals surface area contributed by atoms with E-state index < -0.39 is 5.97 Å². The highest BCUT2D eigenvalue weighted by atomic mass is 16.4. The summed E-state index contributed by atoms with van der Waals surface area (Å²) in [5, 5.41) is 9.28. The number of aromatic nitrogens is 1. The van der Waals surface area contributed by atoms with E-state index in [1.54, 1.807) is 0 Å². The first kappa shape index (κ1) is 12.9. The second kappa shape index (κ2) is 5.38. The molecule has 0 saturated carbocycles. The number of carboxylic acid groups (broad SMARTS) is 1. The summed E-state index contributed by atoms with van der Waals surface area (Å²) in [5.74, 6) is -0.894. The third-order valence-corrected chi connectivity index (χ3v) is 3.61. The summed E-state index contributed by atoms with van der Waals surface area (Å²) >= 11 is 0. The summed E-state index contributed by atoms with van der Waals surface area (Å²) in [6.07, 6.45) is 6.19. The van der Waals surface area contributed by atoms with Crippen molar-refractivity contribution in [3.8, 4) is 0 Å². The molecule has 0 aromatic carbocycles. The first-order chi connectivity index (χ1) is 8.59. The molecule has 2 heterocycles. The molecule has 98 valence electrons. The lowest BCUT2D eigenvalue weighted by atomic mass is 10.1. The summed E-state index contributed by atoms with van der Waals surface area (Å²) < 4.78 is 0. The van der Waals surface area contributed by atoms with Crippen LogP contribution in [0.5, 0.6) is 0 Å². The Morgan fingerprint density at radius 2 is 2.22 bits per heavy atom. The third-order valence-electron chi connectivity index (χ3n) is 3.61. The molecule has 0 aliphatic carbocycles. The van der Waals surface area contributed by atoms with E-state index in [0.717, 1.165) is 30.8 Å². The van der Waals surface area contributed by atoms with Gasteiger partial charge in [-0.15, -0.1) is 0 Å². The zero-order chi connectivity index (χ0) is 13.1. The van der Waals surface area contributed by atoms with Gasteiger partial charge in [-0.25, -0.2) is 4.79 Å². The van der Waals surface area contributed by atoms with Gasteiger partial charge in [0.15, 0.2) is 0 Å². The molecule has 1 aliphatic rings. The number of aryl methyl sites for hydroxylation is 1. The average Bonchev–Trinajstić information content (AvgIpc) is 2.53. The number of rotatable bonds is 2. The van der Waals surface area contributed by atoms with Crippen LogP contribution in [0.1, 0.15) is 48.7 Å². The molecule has 4 heteroatoms. The van der Waals surface area contributed by atoms with Crippen LogP contribution >= 0.6 is 0 Å². The molecule has 18 heavy (non-hydrogen) atoms. The molecule has 1 aromatic heterocycles. The predicted octanol–water partition coefficient (Wildman–Crippen LogP) is 2.86. The van der Waals surface area contributed by atoms with E-state index in [4.69, 9.17) is 0 Å². The topological polar surface area (TPSA) is 53.4 Å². The number of hydrogen-bond acceptors (Lipinski definition) is 3. The largest absolute Gasteiger partial charge is 0.478 e. The van der Waals surface area contributed by atoms with Crippen molar-refractivity contribution >= 4 is 11.7 Å². The van der Waals surface area contributed by atoms with Crippen LogP contribution in [0.4, 0.5) is 5.69 Å². The maximum absolute atomic E-state index is 11.3. The van der Waals surface area contributed by atoms with Crippen molar-refractivity contribution in [1.82, 2.24) is 4.98 Å². The first-order valence-corrected chi connectivity index (χ1v) is 6.56. The fourth-order valence-electron chi connectivity index (χ4n) is 2.58. The van der Waals surface area contributed by atoms with Gasteiger partial charge in [-0.05, 0) is 32.8 Å². The van der Waals surface area contributed by atoms with Gasteiger partial charge in [0.1, 0.15) is 5.56 Å². The molecular weight excluding hydrogens is 228 g/mol. The van der Waals surface area contributed by atoms with Gasteiger partial charge < -0.3 is 10.0 Å². The molecule has 0 bridgehead atoms. The van der Waals surface area contributed by atoms with Crippen molar-refractivity contribution in [1.29, 1.82) is 0 Å². The van der Waals surface area contributed by atoms with Crippen LogP contribution in [0.3, 0.4) is 0 Å². The number of carboxylic acids is 1. The van der Waals surface area contributed by atoms with E-state index >= 15 is 0 Å². The normalized spacial score (nSPS) is 20.6. The highest BCUT2D eigenvalue weighted by Gasteiger charge is 2.22. The van der Waals surface area contributed by atoms with Crippen molar-refractivity contribution in [3.63, 3.8) is 0 Å². The predicted molar refractivity (Wildman–Crippen MR) is 71.2 cm³/mol. The molecule has 1 saturated heterocycles. The molecule has 2 rings (SSSR count). The van der Waals surface area contributed by atoms with Crippen LogP contribution in [0.2, 0.25) is 0 Å². The number of anilines is 1. The Labute approximate surface area is 108 Å². The molecule has 0 spiro atoms. The standard InChI is InChI=1S/C14H20N2O2/c1-10-8-13(12(9-15-10)14(17)18)16-7-5-3-4-6-11(16)2/h8-9,11H,3-7H2,1-2H3,(H,17,18). The summed E-state index contributed by atoms with van der Waals surface area (Å²) in [4.78, 5) is 17.6. The lowest BCUT2D eigenvalue weighted by Crippen LogP contribution is -2.33. The maximum atomic E-state index is 11.3. The van der Waals surface area contributed by atoms with E-state index in [9.17, 15) is 9.90 Å². The third kappa shape index (κ3) is 2.63. The fourth-order valence-corrected chi connectivity index (χ4v) is 2.58. The summed E-state index contributed by atoms with van der Waals surface area (Å²) in [5.41, 5.74) is 2.00. The number of aromatic carboxylic acids is 1.